The van der Waals surface area contributed by atoms with Crippen LogP contribution in [0.15, 0.2) is 47.4 Å². The van der Waals surface area contributed by atoms with E-state index in [1.165, 1.54) is 5.56 Å². The zero-order chi connectivity index (χ0) is 13.1. The molecular weight excluding hydrogens is 254 g/mol. The monoisotopic (exact) mass is 269 g/mol. The van der Waals surface area contributed by atoms with Crippen molar-refractivity contribution in [3.8, 4) is 0 Å². The SMILES string of the molecule is Nc1c(NCCc2ccsc2)ccc2cnccc12. The third-order valence-corrected chi connectivity index (χ3v) is 3.90. The molecule has 0 saturated heterocycles. The highest BCUT2D eigenvalue weighted by molar-refractivity contribution is 7.07. The van der Waals surface area contributed by atoms with Crippen LogP contribution in [0.25, 0.3) is 10.8 Å². The smallest absolute Gasteiger partial charge is 0.0630 e. The lowest BCUT2D eigenvalue weighted by molar-refractivity contribution is 1.03. The van der Waals surface area contributed by atoms with Gasteiger partial charge in [-0.05, 0) is 40.9 Å². The van der Waals surface area contributed by atoms with Gasteiger partial charge in [0.05, 0.1) is 11.4 Å². The predicted molar refractivity (Wildman–Crippen MR) is 82.7 cm³/mol. The van der Waals surface area contributed by atoms with Crippen LogP contribution in [0.3, 0.4) is 0 Å². The summed E-state index contributed by atoms with van der Waals surface area (Å²) in [6.07, 6.45) is 4.62. The molecule has 3 rings (SSSR count). The average Bonchev–Trinajstić information content (AvgIpc) is 2.95. The number of anilines is 2. The lowest BCUT2D eigenvalue weighted by Gasteiger charge is -2.11. The molecule has 0 spiro atoms. The van der Waals surface area contributed by atoms with Crippen molar-refractivity contribution in [2.24, 2.45) is 0 Å². The number of rotatable bonds is 4. The summed E-state index contributed by atoms with van der Waals surface area (Å²) in [6.45, 7) is 0.886. The molecule has 0 aliphatic heterocycles. The van der Waals surface area contributed by atoms with E-state index in [4.69, 9.17) is 5.73 Å². The second-order valence-corrected chi connectivity index (χ2v) is 5.21. The first kappa shape index (κ1) is 12.0. The topological polar surface area (TPSA) is 50.9 Å². The van der Waals surface area contributed by atoms with E-state index in [1.54, 1.807) is 17.5 Å². The number of fused-ring (bicyclic) bond motifs is 1. The molecule has 3 N–H and O–H groups in total. The van der Waals surface area contributed by atoms with Crippen molar-refractivity contribution in [3.05, 3.63) is 53.0 Å². The molecule has 0 aliphatic carbocycles. The molecule has 2 aromatic heterocycles. The molecule has 0 aliphatic rings. The molecule has 0 amide bonds. The van der Waals surface area contributed by atoms with Gasteiger partial charge in [-0.25, -0.2) is 0 Å². The second-order valence-electron chi connectivity index (χ2n) is 4.43. The van der Waals surface area contributed by atoms with Gasteiger partial charge in [0.2, 0.25) is 0 Å². The Bertz CT molecular complexity index is 677. The van der Waals surface area contributed by atoms with Crippen LogP contribution in [0, 0.1) is 0 Å². The highest BCUT2D eigenvalue weighted by Crippen LogP contribution is 2.27. The molecule has 3 nitrogen and oxygen atoms in total. The van der Waals surface area contributed by atoms with Crippen molar-refractivity contribution in [1.29, 1.82) is 0 Å². The van der Waals surface area contributed by atoms with Gasteiger partial charge >= 0.3 is 0 Å². The normalized spacial score (nSPS) is 10.7. The molecule has 3 aromatic rings. The fourth-order valence-corrected chi connectivity index (χ4v) is 2.83. The first-order valence-corrected chi connectivity index (χ1v) is 7.16. The van der Waals surface area contributed by atoms with E-state index in [9.17, 15) is 0 Å². The van der Waals surface area contributed by atoms with E-state index in [1.807, 2.05) is 24.4 Å². The number of benzene rings is 1. The number of nitrogens with one attached hydrogen (secondary N) is 1. The Kier molecular flexibility index (Phi) is 3.33. The van der Waals surface area contributed by atoms with Crippen LogP contribution in [0.1, 0.15) is 5.56 Å². The molecule has 0 atom stereocenters. The van der Waals surface area contributed by atoms with Crippen LogP contribution in [0.5, 0.6) is 0 Å². The minimum absolute atomic E-state index is 0.796. The number of hydrogen-bond donors (Lipinski definition) is 2. The molecule has 0 unspecified atom stereocenters. The van der Waals surface area contributed by atoms with E-state index < -0.39 is 0 Å². The van der Waals surface area contributed by atoms with Gasteiger partial charge in [0.1, 0.15) is 0 Å². The average molecular weight is 269 g/mol. The maximum Gasteiger partial charge on any atom is 0.0630 e. The molecular formula is C15H15N3S. The molecule has 0 bridgehead atoms. The van der Waals surface area contributed by atoms with Gasteiger partial charge in [0.15, 0.2) is 0 Å². The van der Waals surface area contributed by atoms with E-state index in [-0.39, 0.29) is 0 Å². The summed E-state index contributed by atoms with van der Waals surface area (Å²) in [6, 6.07) is 8.18. The molecule has 19 heavy (non-hydrogen) atoms. The number of aromatic nitrogens is 1. The first-order valence-electron chi connectivity index (χ1n) is 6.22. The van der Waals surface area contributed by atoms with Crippen molar-refractivity contribution in [3.63, 3.8) is 0 Å². The zero-order valence-electron chi connectivity index (χ0n) is 10.5. The Morgan fingerprint density at radius 2 is 2.16 bits per heavy atom. The molecule has 0 radical (unpaired) electrons. The minimum atomic E-state index is 0.796. The van der Waals surface area contributed by atoms with Gasteiger partial charge < -0.3 is 11.1 Å². The van der Waals surface area contributed by atoms with Crippen molar-refractivity contribution < 1.29 is 0 Å². The summed E-state index contributed by atoms with van der Waals surface area (Å²) in [5, 5.41) is 9.81. The molecule has 0 fully saturated rings. The first-order chi connectivity index (χ1) is 9.34. The number of nitrogen functional groups attached to an aromatic ring is 1. The fraction of sp³-hybridized carbons (Fsp3) is 0.133. The highest BCUT2D eigenvalue weighted by Gasteiger charge is 2.03. The molecule has 4 heteroatoms. The summed E-state index contributed by atoms with van der Waals surface area (Å²) in [5.41, 5.74) is 9.34. The number of nitrogens with two attached hydrogens (primary N) is 1. The van der Waals surface area contributed by atoms with Crippen LogP contribution < -0.4 is 11.1 Å². The number of nitrogens with zero attached hydrogens (tertiary/aromatic N) is 1. The molecule has 1 aromatic carbocycles. The Labute approximate surface area is 116 Å². The Hall–Kier alpha value is -2.07. The van der Waals surface area contributed by atoms with Gasteiger partial charge in [0, 0.05) is 29.7 Å². The lowest BCUT2D eigenvalue weighted by atomic mass is 10.1. The van der Waals surface area contributed by atoms with Crippen molar-refractivity contribution in [2.75, 3.05) is 17.6 Å². The Morgan fingerprint density at radius 3 is 3.00 bits per heavy atom. The predicted octanol–water partition coefficient (Wildman–Crippen LogP) is 3.53. The Morgan fingerprint density at radius 1 is 1.21 bits per heavy atom. The van der Waals surface area contributed by atoms with Gasteiger partial charge in [-0.2, -0.15) is 11.3 Å². The van der Waals surface area contributed by atoms with Crippen LogP contribution in [0.4, 0.5) is 11.4 Å². The van der Waals surface area contributed by atoms with Crippen LogP contribution >= 0.6 is 11.3 Å². The molecule has 2 heterocycles. The summed E-state index contributed by atoms with van der Waals surface area (Å²) in [4.78, 5) is 4.10. The van der Waals surface area contributed by atoms with E-state index in [2.05, 4.69) is 27.1 Å². The summed E-state index contributed by atoms with van der Waals surface area (Å²) in [7, 11) is 0. The quantitative estimate of drug-likeness (QED) is 0.712. The Balaban J connectivity index is 1.76. The van der Waals surface area contributed by atoms with Gasteiger partial charge in [0.25, 0.3) is 0 Å². The van der Waals surface area contributed by atoms with E-state index >= 15 is 0 Å². The van der Waals surface area contributed by atoms with Crippen molar-refractivity contribution in [2.45, 2.75) is 6.42 Å². The van der Waals surface area contributed by atoms with E-state index in [0.717, 1.165) is 35.1 Å². The second kappa shape index (κ2) is 5.28. The van der Waals surface area contributed by atoms with Crippen LogP contribution in [-0.2, 0) is 6.42 Å². The summed E-state index contributed by atoms with van der Waals surface area (Å²) >= 11 is 1.73. The van der Waals surface area contributed by atoms with Gasteiger partial charge in [-0.1, -0.05) is 6.07 Å². The number of hydrogen-bond acceptors (Lipinski definition) is 4. The number of pyridine rings is 1. The third kappa shape index (κ3) is 2.53. The summed E-state index contributed by atoms with van der Waals surface area (Å²) < 4.78 is 0. The van der Waals surface area contributed by atoms with Crippen molar-refractivity contribution >= 4 is 33.5 Å². The molecule has 0 saturated carbocycles. The van der Waals surface area contributed by atoms with Crippen LogP contribution in [0.2, 0.25) is 0 Å². The van der Waals surface area contributed by atoms with E-state index in [0.29, 0.717) is 0 Å². The lowest BCUT2D eigenvalue weighted by Crippen LogP contribution is -2.06. The summed E-state index contributed by atoms with van der Waals surface area (Å²) in [5.74, 6) is 0. The standard InChI is InChI=1S/C15H15N3S/c16-15-13-4-6-17-9-12(13)1-2-14(15)18-7-3-11-5-8-19-10-11/h1-2,4-6,8-10,18H,3,7,16H2. The minimum Gasteiger partial charge on any atom is -0.397 e. The largest absolute Gasteiger partial charge is 0.397 e. The number of thiophene rings is 1. The third-order valence-electron chi connectivity index (χ3n) is 3.17. The van der Waals surface area contributed by atoms with Gasteiger partial charge in [-0.15, -0.1) is 0 Å². The van der Waals surface area contributed by atoms with Crippen molar-refractivity contribution in [1.82, 2.24) is 4.98 Å². The zero-order valence-corrected chi connectivity index (χ0v) is 11.3. The highest BCUT2D eigenvalue weighted by atomic mass is 32.1. The fourth-order valence-electron chi connectivity index (χ4n) is 2.12. The van der Waals surface area contributed by atoms with Crippen LogP contribution in [-0.4, -0.2) is 11.5 Å². The maximum atomic E-state index is 6.19. The van der Waals surface area contributed by atoms with Gasteiger partial charge in [-0.3, -0.25) is 4.98 Å². The maximum absolute atomic E-state index is 6.19. The molecule has 96 valence electrons.